The summed E-state index contributed by atoms with van der Waals surface area (Å²) in [4.78, 5) is 11.7. The molecule has 1 heterocycles. The van der Waals surface area contributed by atoms with Crippen LogP contribution in [0.1, 0.15) is 19.3 Å². The van der Waals surface area contributed by atoms with Crippen molar-refractivity contribution in [2.45, 2.75) is 19.3 Å². The number of hydrogen-bond donors (Lipinski definition) is 2. The van der Waals surface area contributed by atoms with Crippen LogP contribution in [0.25, 0.3) is 0 Å². The van der Waals surface area contributed by atoms with Gasteiger partial charge in [-0.25, -0.2) is 16.8 Å². The van der Waals surface area contributed by atoms with Crippen LogP contribution >= 0.6 is 0 Å². The Morgan fingerprint density at radius 2 is 1.92 bits per heavy atom. The maximum absolute atomic E-state index is 11.9. The van der Waals surface area contributed by atoms with E-state index >= 15 is 0 Å². The predicted molar refractivity (Wildman–Crippen MR) is 92.9 cm³/mol. The lowest BCUT2D eigenvalue weighted by Crippen LogP contribution is -2.31. The first kappa shape index (κ1) is 18.7. The van der Waals surface area contributed by atoms with Crippen LogP contribution in [0.4, 0.5) is 5.69 Å². The number of hydrogen-bond acceptors (Lipinski definition) is 5. The third-order valence-electron chi connectivity index (χ3n) is 3.85. The van der Waals surface area contributed by atoms with E-state index in [9.17, 15) is 21.6 Å². The van der Waals surface area contributed by atoms with E-state index in [1.165, 1.54) is 0 Å². The minimum absolute atomic E-state index is 0.0178. The molecule has 1 aliphatic rings. The van der Waals surface area contributed by atoms with Gasteiger partial charge in [0.05, 0.1) is 17.3 Å². The van der Waals surface area contributed by atoms with Crippen molar-refractivity contribution in [2.75, 3.05) is 28.5 Å². The molecular formula is C15H22N2O5S2. The number of nitrogens with one attached hydrogen (secondary N) is 2. The Balaban J connectivity index is 1.67. The zero-order chi connectivity index (χ0) is 17.6. The minimum Gasteiger partial charge on any atom is -0.355 e. The number of para-hydroxylation sites is 1. The van der Waals surface area contributed by atoms with Gasteiger partial charge < -0.3 is 5.32 Å². The molecule has 1 atom stereocenters. The lowest BCUT2D eigenvalue weighted by molar-refractivity contribution is -0.121. The number of amides is 1. The second kappa shape index (κ2) is 7.98. The maximum Gasteiger partial charge on any atom is 0.234 e. The molecule has 0 spiro atoms. The molecule has 1 aliphatic heterocycles. The van der Waals surface area contributed by atoms with Gasteiger partial charge in [0.25, 0.3) is 0 Å². The number of sulfone groups is 1. The molecule has 0 saturated carbocycles. The molecule has 1 unspecified atom stereocenters. The van der Waals surface area contributed by atoms with Crippen molar-refractivity contribution in [1.82, 2.24) is 5.32 Å². The van der Waals surface area contributed by atoms with Crippen molar-refractivity contribution in [3.05, 3.63) is 30.3 Å². The summed E-state index contributed by atoms with van der Waals surface area (Å²) >= 11 is 0. The zero-order valence-corrected chi connectivity index (χ0v) is 14.9. The second-order valence-electron chi connectivity index (χ2n) is 5.94. The SMILES string of the molecule is O=C(CCC1CCS(=O)(=O)C1)NCCS(=O)(=O)Nc1ccccc1. The Labute approximate surface area is 142 Å². The summed E-state index contributed by atoms with van der Waals surface area (Å²) < 4.78 is 48.9. The number of carbonyl (C=O) groups excluding carboxylic acids is 1. The van der Waals surface area contributed by atoms with Crippen LogP contribution < -0.4 is 10.0 Å². The summed E-state index contributed by atoms with van der Waals surface area (Å²) in [5.41, 5.74) is 0.478. The van der Waals surface area contributed by atoms with Gasteiger partial charge in [0.15, 0.2) is 9.84 Å². The Morgan fingerprint density at radius 3 is 2.54 bits per heavy atom. The highest BCUT2D eigenvalue weighted by Crippen LogP contribution is 2.22. The Bertz CT molecular complexity index is 760. The van der Waals surface area contributed by atoms with Gasteiger partial charge in [-0.2, -0.15) is 0 Å². The molecule has 0 radical (unpaired) electrons. The largest absolute Gasteiger partial charge is 0.355 e. The van der Waals surface area contributed by atoms with E-state index in [0.717, 1.165) is 0 Å². The maximum atomic E-state index is 11.9. The topological polar surface area (TPSA) is 109 Å². The van der Waals surface area contributed by atoms with Gasteiger partial charge in [-0.1, -0.05) is 18.2 Å². The molecule has 0 aliphatic carbocycles. The molecular weight excluding hydrogens is 352 g/mol. The van der Waals surface area contributed by atoms with Crippen molar-refractivity contribution >= 4 is 31.5 Å². The summed E-state index contributed by atoms with van der Waals surface area (Å²) in [5.74, 6) is -0.0949. The average Bonchev–Trinajstić information content (AvgIpc) is 2.85. The molecule has 24 heavy (non-hydrogen) atoms. The molecule has 0 aromatic heterocycles. The molecule has 134 valence electrons. The van der Waals surface area contributed by atoms with Crippen molar-refractivity contribution in [3.8, 4) is 0 Å². The molecule has 1 saturated heterocycles. The van der Waals surface area contributed by atoms with Crippen LogP contribution in [0.3, 0.4) is 0 Å². The summed E-state index contributed by atoms with van der Waals surface area (Å²) in [6, 6.07) is 8.52. The van der Waals surface area contributed by atoms with E-state index in [-0.39, 0.29) is 42.0 Å². The standard InChI is InChI=1S/C15H22N2O5S2/c18-15(7-6-13-8-10-23(19,20)12-13)16-9-11-24(21,22)17-14-4-2-1-3-5-14/h1-5,13,17H,6-12H2,(H,16,18). The fraction of sp³-hybridized carbons (Fsp3) is 0.533. The first-order chi connectivity index (χ1) is 11.3. The van der Waals surface area contributed by atoms with Crippen LogP contribution in [0.5, 0.6) is 0 Å². The number of anilines is 1. The van der Waals surface area contributed by atoms with E-state index in [2.05, 4.69) is 10.0 Å². The van der Waals surface area contributed by atoms with E-state index in [0.29, 0.717) is 18.5 Å². The molecule has 1 aromatic carbocycles. The molecule has 1 fully saturated rings. The van der Waals surface area contributed by atoms with E-state index in [1.807, 2.05) is 0 Å². The minimum atomic E-state index is -3.52. The predicted octanol–water partition coefficient (Wildman–Crippen LogP) is 0.759. The highest BCUT2D eigenvalue weighted by atomic mass is 32.2. The molecule has 0 bridgehead atoms. The molecule has 2 rings (SSSR count). The molecule has 9 heteroatoms. The smallest absolute Gasteiger partial charge is 0.234 e. The fourth-order valence-electron chi connectivity index (χ4n) is 2.58. The highest BCUT2D eigenvalue weighted by molar-refractivity contribution is 7.92. The van der Waals surface area contributed by atoms with Gasteiger partial charge in [-0.05, 0) is 30.9 Å². The van der Waals surface area contributed by atoms with Gasteiger partial charge in [-0.3, -0.25) is 9.52 Å². The third-order valence-corrected chi connectivity index (χ3v) is 6.97. The summed E-state index contributed by atoms with van der Waals surface area (Å²) in [6.07, 6.45) is 1.33. The van der Waals surface area contributed by atoms with Gasteiger partial charge in [0, 0.05) is 18.7 Å². The Hall–Kier alpha value is -1.61. The van der Waals surface area contributed by atoms with Crippen LogP contribution in [-0.2, 0) is 24.7 Å². The zero-order valence-electron chi connectivity index (χ0n) is 13.3. The van der Waals surface area contributed by atoms with Crippen LogP contribution in [0, 0.1) is 5.92 Å². The van der Waals surface area contributed by atoms with Crippen molar-refractivity contribution in [2.24, 2.45) is 5.92 Å². The second-order valence-corrected chi connectivity index (χ2v) is 10.0. The van der Waals surface area contributed by atoms with Gasteiger partial charge in [-0.15, -0.1) is 0 Å². The summed E-state index contributed by atoms with van der Waals surface area (Å²) in [7, 11) is -6.45. The average molecular weight is 374 g/mol. The highest BCUT2D eigenvalue weighted by Gasteiger charge is 2.27. The number of rotatable bonds is 8. The van der Waals surface area contributed by atoms with E-state index < -0.39 is 19.9 Å². The van der Waals surface area contributed by atoms with Crippen LogP contribution in [0.15, 0.2) is 30.3 Å². The number of benzene rings is 1. The number of carbonyl (C=O) groups is 1. The molecule has 7 nitrogen and oxygen atoms in total. The molecule has 2 N–H and O–H groups in total. The van der Waals surface area contributed by atoms with Crippen molar-refractivity contribution < 1.29 is 21.6 Å². The normalized spacial score (nSPS) is 19.8. The lowest BCUT2D eigenvalue weighted by Gasteiger charge is -2.10. The van der Waals surface area contributed by atoms with Crippen LogP contribution in [0.2, 0.25) is 0 Å². The third kappa shape index (κ3) is 6.48. The Kier molecular flexibility index (Phi) is 6.22. The summed E-state index contributed by atoms with van der Waals surface area (Å²) in [5, 5.41) is 2.56. The van der Waals surface area contributed by atoms with Gasteiger partial charge in [0.1, 0.15) is 0 Å². The van der Waals surface area contributed by atoms with Gasteiger partial charge in [0.2, 0.25) is 15.9 Å². The van der Waals surface area contributed by atoms with Crippen LogP contribution in [-0.4, -0.2) is 46.5 Å². The number of sulfonamides is 1. The monoisotopic (exact) mass is 374 g/mol. The fourth-order valence-corrected chi connectivity index (χ4v) is 5.46. The van der Waals surface area contributed by atoms with Crippen molar-refractivity contribution in [1.29, 1.82) is 0 Å². The first-order valence-corrected chi connectivity index (χ1v) is 11.3. The van der Waals surface area contributed by atoms with Crippen molar-refractivity contribution in [3.63, 3.8) is 0 Å². The van der Waals surface area contributed by atoms with E-state index in [1.54, 1.807) is 30.3 Å². The molecule has 1 amide bonds. The Morgan fingerprint density at radius 1 is 1.21 bits per heavy atom. The van der Waals surface area contributed by atoms with Gasteiger partial charge >= 0.3 is 0 Å². The quantitative estimate of drug-likeness (QED) is 0.698. The summed E-state index contributed by atoms with van der Waals surface area (Å²) in [6.45, 7) is 0.0178. The first-order valence-electron chi connectivity index (χ1n) is 7.78. The van der Waals surface area contributed by atoms with E-state index in [4.69, 9.17) is 0 Å². The lowest BCUT2D eigenvalue weighted by atomic mass is 10.0. The molecule has 1 aromatic rings.